The first-order chi connectivity index (χ1) is 16.7. The number of imidazole rings is 1. The molecule has 0 aliphatic carbocycles. The molecule has 1 fully saturated rings. The van der Waals surface area contributed by atoms with Crippen LogP contribution in [0.1, 0.15) is 16.9 Å². The standard InChI is InChI=1S/C22H23F3N8O2/c1-26-19(34)14-8-27-16-5-4-12(9-32(14)16)17-13(23)10-33-18(17)20(35-3)29-21(30-33)28-15-6-7-31(2)11-22(15,24)25/h4-5,8-10,15H,6-7,11H2,1-3H3,(H,26,34)(H,28,30)/t15-/m1/s1. The average Bonchev–Trinajstić information content (AvgIpc) is 3.39. The van der Waals surface area contributed by atoms with Gasteiger partial charge in [-0.2, -0.15) is 4.98 Å². The number of aromatic nitrogens is 5. The van der Waals surface area contributed by atoms with E-state index in [0.717, 1.165) is 6.20 Å². The lowest BCUT2D eigenvalue weighted by atomic mass is 10.0. The number of carbonyl (C=O) groups excluding carboxylic acids is 1. The Bertz CT molecular complexity index is 1430. The number of hydrogen-bond acceptors (Lipinski definition) is 7. The lowest BCUT2D eigenvalue weighted by molar-refractivity contribution is -0.0675. The molecule has 0 spiro atoms. The number of fused-ring (bicyclic) bond motifs is 2. The quantitative estimate of drug-likeness (QED) is 0.445. The second-order valence-corrected chi connectivity index (χ2v) is 8.44. The minimum Gasteiger partial charge on any atom is -0.479 e. The van der Waals surface area contributed by atoms with E-state index < -0.39 is 17.8 Å². The minimum absolute atomic E-state index is 0.00916. The Kier molecular flexibility index (Phi) is 5.50. The molecule has 0 aromatic carbocycles. The number of ether oxygens (including phenoxy) is 1. The zero-order chi connectivity index (χ0) is 24.9. The Labute approximate surface area is 197 Å². The highest BCUT2D eigenvalue weighted by Crippen LogP contribution is 2.35. The molecule has 35 heavy (non-hydrogen) atoms. The van der Waals surface area contributed by atoms with Gasteiger partial charge in [-0.05, 0) is 25.6 Å². The summed E-state index contributed by atoms with van der Waals surface area (Å²) in [7, 11) is 4.49. The molecule has 4 aromatic heterocycles. The normalized spacial score (nSPS) is 18.2. The van der Waals surface area contributed by atoms with E-state index in [2.05, 4.69) is 25.7 Å². The Hall–Kier alpha value is -3.87. The molecule has 1 aliphatic heterocycles. The van der Waals surface area contributed by atoms with Crippen LogP contribution in [0.5, 0.6) is 5.88 Å². The van der Waals surface area contributed by atoms with Crippen molar-refractivity contribution in [2.24, 2.45) is 0 Å². The van der Waals surface area contributed by atoms with E-state index in [1.807, 2.05) is 0 Å². The number of carbonyl (C=O) groups is 1. The van der Waals surface area contributed by atoms with Gasteiger partial charge in [-0.3, -0.25) is 9.20 Å². The number of halogens is 3. The second-order valence-electron chi connectivity index (χ2n) is 8.44. The molecule has 1 aliphatic rings. The fourth-order valence-electron chi connectivity index (χ4n) is 4.37. The SMILES string of the molecule is CNC(=O)c1cnc2ccc(-c3c(F)cn4nc(N[C@@H]5CCN(C)CC5(F)F)nc(OC)c34)cn12. The minimum atomic E-state index is -2.99. The topological polar surface area (TPSA) is 101 Å². The summed E-state index contributed by atoms with van der Waals surface area (Å²) >= 11 is 0. The van der Waals surface area contributed by atoms with Gasteiger partial charge in [0.05, 0.1) is 37.7 Å². The third kappa shape index (κ3) is 3.91. The fraction of sp³-hybridized carbons (Fsp3) is 0.364. The van der Waals surface area contributed by atoms with Gasteiger partial charge < -0.3 is 20.3 Å². The summed E-state index contributed by atoms with van der Waals surface area (Å²) in [6.07, 6.45) is 4.32. The molecule has 0 bridgehead atoms. The summed E-state index contributed by atoms with van der Waals surface area (Å²) in [5.74, 6) is -4.06. The van der Waals surface area contributed by atoms with Crippen molar-refractivity contribution < 1.29 is 22.7 Å². The van der Waals surface area contributed by atoms with Gasteiger partial charge in [-0.25, -0.2) is 22.7 Å². The van der Waals surface area contributed by atoms with Crippen molar-refractivity contribution in [2.45, 2.75) is 18.4 Å². The number of anilines is 1. The lowest BCUT2D eigenvalue weighted by Crippen LogP contribution is -2.53. The van der Waals surface area contributed by atoms with Crippen LogP contribution in [-0.4, -0.2) is 81.0 Å². The first-order valence-electron chi connectivity index (χ1n) is 10.9. The van der Waals surface area contributed by atoms with Crippen molar-refractivity contribution in [3.63, 3.8) is 0 Å². The summed E-state index contributed by atoms with van der Waals surface area (Å²) in [5, 5.41) is 9.46. The van der Waals surface area contributed by atoms with Gasteiger partial charge in [0.25, 0.3) is 11.8 Å². The Balaban J connectivity index is 1.58. The molecule has 1 atom stereocenters. The van der Waals surface area contributed by atoms with Crippen LogP contribution in [0.25, 0.3) is 22.3 Å². The van der Waals surface area contributed by atoms with Gasteiger partial charge >= 0.3 is 0 Å². The van der Waals surface area contributed by atoms with Crippen molar-refractivity contribution in [1.29, 1.82) is 0 Å². The summed E-state index contributed by atoms with van der Waals surface area (Å²) < 4.78 is 52.4. The predicted molar refractivity (Wildman–Crippen MR) is 122 cm³/mol. The molecular weight excluding hydrogens is 465 g/mol. The Morgan fingerprint density at radius 2 is 2.09 bits per heavy atom. The molecule has 1 amide bonds. The molecule has 4 aromatic rings. The summed E-state index contributed by atoms with van der Waals surface area (Å²) in [6, 6.07) is 2.13. The number of piperidine rings is 1. The van der Waals surface area contributed by atoms with Crippen LogP contribution in [0.15, 0.2) is 30.7 Å². The van der Waals surface area contributed by atoms with Gasteiger partial charge in [0, 0.05) is 25.4 Å². The molecule has 1 saturated heterocycles. The molecule has 5 rings (SSSR count). The van der Waals surface area contributed by atoms with Crippen LogP contribution in [-0.2, 0) is 0 Å². The largest absolute Gasteiger partial charge is 0.479 e. The van der Waals surface area contributed by atoms with E-state index in [4.69, 9.17) is 4.74 Å². The van der Waals surface area contributed by atoms with Crippen LogP contribution < -0.4 is 15.4 Å². The smallest absolute Gasteiger partial charge is 0.280 e. The van der Waals surface area contributed by atoms with Crippen LogP contribution in [0.4, 0.5) is 19.1 Å². The third-order valence-corrected chi connectivity index (χ3v) is 6.09. The van der Waals surface area contributed by atoms with E-state index in [9.17, 15) is 13.6 Å². The van der Waals surface area contributed by atoms with E-state index in [1.54, 1.807) is 34.7 Å². The van der Waals surface area contributed by atoms with E-state index in [-0.39, 0.29) is 47.5 Å². The molecule has 0 unspecified atom stereocenters. The number of likely N-dealkylation sites (tertiary alicyclic amines) is 1. The molecule has 184 valence electrons. The number of nitrogens with zero attached hydrogens (tertiary/aromatic N) is 6. The number of pyridine rings is 1. The van der Waals surface area contributed by atoms with Gasteiger partial charge in [-0.15, -0.1) is 5.10 Å². The van der Waals surface area contributed by atoms with Gasteiger partial charge in [-0.1, -0.05) is 0 Å². The molecule has 10 nitrogen and oxygen atoms in total. The van der Waals surface area contributed by atoms with Crippen molar-refractivity contribution in [1.82, 2.24) is 34.2 Å². The molecule has 0 saturated carbocycles. The number of rotatable bonds is 5. The number of nitrogens with one attached hydrogen (secondary N) is 2. The van der Waals surface area contributed by atoms with E-state index in [0.29, 0.717) is 17.8 Å². The fourth-order valence-corrected chi connectivity index (χ4v) is 4.37. The maximum absolute atomic E-state index is 15.2. The van der Waals surface area contributed by atoms with Gasteiger partial charge in [0.15, 0.2) is 5.82 Å². The molecular formula is C22H23F3N8O2. The van der Waals surface area contributed by atoms with Crippen molar-refractivity contribution >= 4 is 23.0 Å². The van der Waals surface area contributed by atoms with Crippen molar-refractivity contribution in [3.05, 3.63) is 42.2 Å². The van der Waals surface area contributed by atoms with E-state index in [1.165, 1.54) is 24.9 Å². The van der Waals surface area contributed by atoms with Crippen LogP contribution in [0, 0.1) is 5.82 Å². The number of amides is 1. The maximum Gasteiger partial charge on any atom is 0.280 e. The number of hydrogen-bond donors (Lipinski definition) is 2. The lowest BCUT2D eigenvalue weighted by Gasteiger charge is -2.36. The van der Waals surface area contributed by atoms with Crippen LogP contribution >= 0.6 is 0 Å². The molecule has 2 N–H and O–H groups in total. The number of alkyl halides is 2. The van der Waals surface area contributed by atoms with Gasteiger partial charge in [0.1, 0.15) is 16.9 Å². The maximum atomic E-state index is 15.2. The summed E-state index contributed by atoms with van der Waals surface area (Å²) in [4.78, 5) is 22.2. The molecule has 0 radical (unpaired) electrons. The number of methoxy groups -OCH3 is 1. The predicted octanol–water partition coefficient (Wildman–Crippen LogP) is 2.30. The van der Waals surface area contributed by atoms with Crippen molar-refractivity contribution in [2.75, 3.05) is 39.6 Å². The highest BCUT2D eigenvalue weighted by Gasteiger charge is 2.44. The highest BCUT2D eigenvalue weighted by atomic mass is 19.3. The summed E-state index contributed by atoms with van der Waals surface area (Å²) in [6.45, 7) is 0.102. The summed E-state index contributed by atoms with van der Waals surface area (Å²) in [5.41, 5.74) is 1.56. The molecule has 13 heteroatoms. The zero-order valence-corrected chi connectivity index (χ0v) is 19.2. The Morgan fingerprint density at radius 1 is 1.29 bits per heavy atom. The van der Waals surface area contributed by atoms with Gasteiger partial charge in [0.2, 0.25) is 11.8 Å². The highest BCUT2D eigenvalue weighted by molar-refractivity contribution is 5.93. The van der Waals surface area contributed by atoms with Crippen LogP contribution in [0.2, 0.25) is 0 Å². The van der Waals surface area contributed by atoms with Crippen molar-refractivity contribution in [3.8, 4) is 17.0 Å². The monoisotopic (exact) mass is 488 g/mol. The zero-order valence-electron chi connectivity index (χ0n) is 19.2. The first-order valence-corrected chi connectivity index (χ1v) is 10.9. The third-order valence-electron chi connectivity index (χ3n) is 6.09. The second kappa shape index (κ2) is 8.41. The van der Waals surface area contributed by atoms with E-state index >= 15 is 4.39 Å². The Morgan fingerprint density at radius 3 is 2.80 bits per heavy atom. The first kappa shape index (κ1) is 22.9. The average molecular weight is 488 g/mol. The van der Waals surface area contributed by atoms with Crippen LogP contribution in [0.3, 0.4) is 0 Å². The molecule has 5 heterocycles.